The molecule has 12 heavy (non-hydrogen) atoms. The lowest BCUT2D eigenvalue weighted by Gasteiger charge is -2.08. The first-order valence-corrected chi connectivity index (χ1v) is 4.10. The Morgan fingerprint density at radius 2 is 2.17 bits per heavy atom. The van der Waals surface area contributed by atoms with Gasteiger partial charge in [0.1, 0.15) is 5.75 Å². The summed E-state index contributed by atoms with van der Waals surface area (Å²) in [4.78, 5) is 0. The summed E-state index contributed by atoms with van der Waals surface area (Å²) in [5.41, 5.74) is 7.54. The second-order valence-corrected chi connectivity index (χ2v) is 3.02. The molecule has 3 heteroatoms. The third kappa shape index (κ3) is 1.71. The average molecular weight is 186 g/mol. The minimum atomic E-state index is 0.441. The number of aryl methyl sites for hydroxylation is 1. The van der Waals surface area contributed by atoms with Crippen LogP contribution in [0.25, 0.3) is 0 Å². The van der Waals surface area contributed by atoms with Gasteiger partial charge >= 0.3 is 0 Å². The number of hydrogen-bond acceptors (Lipinski definition) is 2. The molecule has 0 unspecified atom stereocenters. The standard InChI is InChI=1S/C9H12ClNO/c1-6-3-7(5-11)9(10)8(4-6)12-2/h3-4H,5,11H2,1-2H3. The molecule has 0 fully saturated rings. The SMILES string of the molecule is COc1cc(C)cc(CN)c1Cl. The minimum absolute atomic E-state index is 0.441. The fraction of sp³-hybridized carbons (Fsp3) is 0.333. The molecule has 1 aromatic carbocycles. The van der Waals surface area contributed by atoms with Crippen LogP contribution in [-0.2, 0) is 6.54 Å². The van der Waals surface area contributed by atoms with Crippen LogP contribution in [0.2, 0.25) is 5.02 Å². The second kappa shape index (κ2) is 3.78. The number of ether oxygens (including phenoxy) is 1. The molecule has 0 aliphatic rings. The molecule has 2 N–H and O–H groups in total. The van der Waals surface area contributed by atoms with Crippen LogP contribution in [0.5, 0.6) is 5.75 Å². The molecular weight excluding hydrogens is 174 g/mol. The highest BCUT2D eigenvalue weighted by molar-refractivity contribution is 6.32. The van der Waals surface area contributed by atoms with E-state index in [1.807, 2.05) is 19.1 Å². The van der Waals surface area contributed by atoms with Gasteiger partial charge in [-0.15, -0.1) is 0 Å². The van der Waals surface area contributed by atoms with Gasteiger partial charge in [0.15, 0.2) is 0 Å². The molecule has 0 aromatic heterocycles. The highest BCUT2D eigenvalue weighted by Crippen LogP contribution is 2.29. The van der Waals surface area contributed by atoms with Crippen molar-refractivity contribution in [2.45, 2.75) is 13.5 Å². The maximum Gasteiger partial charge on any atom is 0.138 e. The van der Waals surface area contributed by atoms with Crippen molar-refractivity contribution >= 4 is 11.6 Å². The number of nitrogens with two attached hydrogens (primary N) is 1. The molecule has 0 aliphatic heterocycles. The van der Waals surface area contributed by atoms with E-state index in [-0.39, 0.29) is 0 Å². The highest BCUT2D eigenvalue weighted by atomic mass is 35.5. The number of benzene rings is 1. The van der Waals surface area contributed by atoms with Gasteiger partial charge in [-0.3, -0.25) is 0 Å². The first-order valence-electron chi connectivity index (χ1n) is 3.72. The Balaban J connectivity index is 3.22. The van der Waals surface area contributed by atoms with E-state index >= 15 is 0 Å². The molecule has 0 saturated heterocycles. The van der Waals surface area contributed by atoms with E-state index in [2.05, 4.69) is 0 Å². The summed E-state index contributed by atoms with van der Waals surface area (Å²) in [7, 11) is 1.60. The third-order valence-electron chi connectivity index (χ3n) is 1.70. The van der Waals surface area contributed by atoms with E-state index in [9.17, 15) is 0 Å². The Bertz CT molecular complexity index is 261. The normalized spacial score (nSPS) is 10.0. The van der Waals surface area contributed by atoms with Crippen molar-refractivity contribution < 1.29 is 4.74 Å². The maximum atomic E-state index is 5.98. The lowest BCUT2D eigenvalue weighted by Crippen LogP contribution is -1.99. The van der Waals surface area contributed by atoms with Crippen molar-refractivity contribution in [2.24, 2.45) is 5.73 Å². The first-order chi connectivity index (χ1) is 5.69. The van der Waals surface area contributed by atoms with Crippen molar-refractivity contribution in [3.8, 4) is 5.75 Å². The topological polar surface area (TPSA) is 35.2 Å². The van der Waals surface area contributed by atoms with Gasteiger partial charge in [-0.05, 0) is 24.1 Å². The fourth-order valence-corrected chi connectivity index (χ4v) is 1.37. The molecule has 0 aliphatic carbocycles. The number of hydrogen-bond donors (Lipinski definition) is 1. The zero-order valence-corrected chi connectivity index (χ0v) is 7.98. The molecule has 0 amide bonds. The minimum Gasteiger partial charge on any atom is -0.495 e. The van der Waals surface area contributed by atoms with Gasteiger partial charge < -0.3 is 10.5 Å². The number of rotatable bonds is 2. The molecule has 0 spiro atoms. The Kier molecular flexibility index (Phi) is 2.95. The van der Waals surface area contributed by atoms with Crippen molar-refractivity contribution in [1.82, 2.24) is 0 Å². The van der Waals surface area contributed by atoms with Gasteiger partial charge in [0.05, 0.1) is 12.1 Å². The highest BCUT2D eigenvalue weighted by Gasteiger charge is 2.05. The van der Waals surface area contributed by atoms with Crippen LogP contribution in [0.1, 0.15) is 11.1 Å². The molecule has 1 aromatic rings. The lowest BCUT2D eigenvalue weighted by molar-refractivity contribution is 0.414. The molecule has 1 rings (SSSR count). The molecule has 0 saturated carbocycles. The van der Waals surface area contributed by atoms with Crippen molar-refractivity contribution in [1.29, 1.82) is 0 Å². The average Bonchev–Trinajstić information content (AvgIpc) is 2.08. The predicted octanol–water partition coefficient (Wildman–Crippen LogP) is 2.12. The monoisotopic (exact) mass is 185 g/mol. The smallest absolute Gasteiger partial charge is 0.138 e. The van der Waals surface area contributed by atoms with Crippen LogP contribution < -0.4 is 10.5 Å². The van der Waals surface area contributed by atoms with Crippen molar-refractivity contribution in [3.63, 3.8) is 0 Å². The van der Waals surface area contributed by atoms with Crippen molar-refractivity contribution in [2.75, 3.05) is 7.11 Å². The van der Waals surface area contributed by atoms with Gasteiger partial charge in [0.25, 0.3) is 0 Å². The Labute approximate surface area is 77.3 Å². The number of halogens is 1. The Morgan fingerprint density at radius 1 is 1.50 bits per heavy atom. The van der Waals surface area contributed by atoms with E-state index in [1.165, 1.54) is 0 Å². The van der Waals surface area contributed by atoms with Crippen LogP contribution in [0.15, 0.2) is 12.1 Å². The van der Waals surface area contributed by atoms with E-state index in [0.717, 1.165) is 11.1 Å². The van der Waals surface area contributed by atoms with E-state index in [4.69, 9.17) is 22.1 Å². The summed E-state index contributed by atoms with van der Waals surface area (Å²) in [6, 6.07) is 3.85. The molecular formula is C9H12ClNO. The summed E-state index contributed by atoms with van der Waals surface area (Å²) < 4.78 is 5.08. The molecule has 0 heterocycles. The Hall–Kier alpha value is -0.730. The Morgan fingerprint density at radius 3 is 2.67 bits per heavy atom. The fourth-order valence-electron chi connectivity index (χ4n) is 1.11. The van der Waals surface area contributed by atoms with Crippen LogP contribution in [0.3, 0.4) is 0 Å². The quantitative estimate of drug-likeness (QED) is 0.766. The largest absolute Gasteiger partial charge is 0.495 e. The van der Waals surface area contributed by atoms with Gasteiger partial charge in [-0.2, -0.15) is 0 Å². The van der Waals surface area contributed by atoms with Crippen LogP contribution in [0, 0.1) is 6.92 Å². The van der Waals surface area contributed by atoms with Gasteiger partial charge in [0, 0.05) is 6.54 Å². The third-order valence-corrected chi connectivity index (χ3v) is 2.13. The second-order valence-electron chi connectivity index (χ2n) is 2.64. The predicted molar refractivity (Wildman–Crippen MR) is 50.6 cm³/mol. The van der Waals surface area contributed by atoms with E-state index < -0.39 is 0 Å². The molecule has 66 valence electrons. The molecule has 2 nitrogen and oxygen atoms in total. The maximum absolute atomic E-state index is 5.98. The van der Waals surface area contributed by atoms with Gasteiger partial charge in [-0.25, -0.2) is 0 Å². The zero-order valence-electron chi connectivity index (χ0n) is 7.23. The van der Waals surface area contributed by atoms with Crippen LogP contribution >= 0.6 is 11.6 Å². The van der Waals surface area contributed by atoms with Gasteiger partial charge in [-0.1, -0.05) is 17.7 Å². The van der Waals surface area contributed by atoms with Crippen molar-refractivity contribution in [3.05, 3.63) is 28.3 Å². The summed E-state index contributed by atoms with van der Waals surface area (Å²) in [6.07, 6.45) is 0. The summed E-state index contributed by atoms with van der Waals surface area (Å²) in [5.74, 6) is 0.692. The molecule has 0 radical (unpaired) electrons. The zero-order chi connectivity index (χ0) is 9.14. The first kappa shape index (κ1) is 9.36. The number of methoxy groups -OCH3 is 1. The summed E-state index contributed by atoms with van der Waals surface area (Å²) in [6.45, 7) is 2.43. The molecule has 0 atom stereocenters. The van der Waals surface area contributed by atoms with Crippen LogP contribution in [-0.4, -0.2) is 7.11 Å². The summed E-state index contributed by atoms with van der Waals surface area (Å²) >= 11 is 5.98. The van der Waals surface area contributed by atoms with E-state index in [0.29, 0.717) is 17.3 Å². The molecule has 0 bridgehead atoms. The van der Waals surface area contributed by atoms with Crippen LogP contribution in [0.4, 0.5) is 0 Å². The lowest BCUT2D eigenvalue weighted by atomic mass is 10.1. The van der Waals surface area contributed by atoms with Gasteiger partial charge in [0.2, 0.25) is 0 Å². The summed E-state index contributed by atoms with van der Waals surface area (Å²) in [5, 5.41) is 0.616. The van der Waals surface area contributed by atoms with E-state index in [1.54, 1.807) is 7.11 Å².